The summed E-state index contributed by atoms with van der Waals surface area (Å²) in [4.78, 5) is 16.9. The lowest BCUT2D eigenvalue weighted by Gasteiger charge is -2.33. The summed E-state index contributed by atoms with van der Waals surface area (Å²) in [6.07, 6.45) is 4.29. The molecule has 1 atom stereocenters. The molecule has 3 aromatic rings. The maximum atomic E-state index is 13.0. The molecule has 1 amide bonds. The van der Waals surface area contributed by atoms with Gasteiger partial charge in [0.05, 0.1) is 5.70 Å². The van der Waals surface area contributed by atoms with Crippen molar-refractivity contribution in [2.24, 2.45) is 0 Å². The van der Waals surface area contributed by atoms with Gasteiger partial charge in [0.25, 0.3) is 5.95 Å². The van der Waals surface area contributed by atoms with Crippen LogP contribution in [0.25, 0.3) is 5.70 Å². The number of hydrogen-bond acceptors (Lipinski definition) is 5. The van der Waals surface area contributed by atoms with Crippen LogP contribution in [0, 0.1) is 6.92 Å². The first-order chi connectivity index (χ1) is 14.7. The zero-order chi connectivity index (χ0) is 20.5. The molecule has 1 fully saturated rings. The van der Waals surface area contributed by atoms with Crippen molar-refractivity contribution in [2.45, 2.75) is 25.8 Å². The fourth-order valence-corrected chi connectivity index (χ4v) is 4.19. The van der Waals surface area contributed by atoms with E-state index in [1.54, 1.807) is 4.68 Å². The van der Waals surface area contributed by atoms with Crippen molar-refractivity contribution in [3.05, 3.63) is 77.4 Å². The minimum absolute atomic E-state index is 0.109. The van der Waals surface area contributed by atoms with Crippen molar-refractivity contribution in [1.82, 2.24) is 25.1 Å². The molecule has 5 rings (SSSR count). The molecule has 3 heterocycles. The second-order valence-corrected chi connectivity index (χ2v) is 7.87. The molecule has 2 aliphatic rings. The largest absolute Gasteiger partial charge is 0.341 e. The normalized spacial score (nSPS) is 18.3. The van der Waals surface area contributed by atoms with Crippen LogP contribution in [0.15, 0.2) is 60.7 Å². The summed E-state index contributed by atoms with van der Waals surface area (Å²) in [6, 6.07) is 18.4. The van der Waals surface area contributed by atoms with E-state index < -0.39 is 0 Å². The van der Waals surface area contributed by atoms with Gasteiger partial charge in [-0.05, 0) is 47.4 Å². The van der Waals surface area contributed by atoms with Gasteiger partial charge in [0.15, 0.2) is 0 Å². The predicted molar refractivity (Wildman–Crippen MR) is 115 cm³/mol. The molecule has 2 aromatic carbocycles. The molecular weight excluding hydrogens is 376 g/mol. The number of amides is 1. The molecule has 0 radical (unpaired) electrons. The molecule has 7 heteroatoms. The first kappa shape index (κ1) is 18.5. The number of carbonyl (C=O) groups excluding carboxylic acids is 1. The van der Waals surface area contributed by atoms with Gasteiger partial charge in [-0.15, -0.1) is 0 Å². The van der Waals surface area contributed by atoms with Crippen LogP contribution in [0.5, 0.6) is 0 Å². The fourth-order valence-electron chi connectivity index (χ4n) is 4.19. The molecular formula is C23H24N6O. The third kappa shape index (κ3) is 3.36. The second-order valence-electron chi connectivity index (χ2n) is 7.87. The number of aryl methyl sites for hydroxylation is 1. The molecule has 0 N–H and O–H groups in total. The van der Waals surface area contributed by atoms with Crippen molar-refractivity contribution < 1.29 is 4.79 Å². The van der Waals surface area contributed by atoms with E-state index in [9.17, 15) is 4.79 Å². The number of likely N-dealkylation sites (tertiary alicyclic amines) is 1. The number of nitrogens with zero attached hydrogens (tertiary/aromatic N) is 6. The number of rotatable bonds is 4. The Labute approximate surface area is 175 Å². The summed E-state index contributed by atoms with van der Waals surface area (Å²) in [5, 5.41) is 12.5. The summed E-state index contributed by atoms with van der Waals surface area (Å²) in [6.45, 7) is 3.95. The molecule has 7 nitrogen and oxygen atoms in total. The third-order valence-corrected chi connectivity index (χ3v) is 5.83. The van der Waals surface area contributed by atoms with Crippen molar-refractivity contribution in [3.63, 3.8) is 0 Å². The second kappa shape index (κ2) is 7.74. The summed E-state index contributed by atoms with van der Waals surface area (Å²) in [5.74, 6) is 0.702. The summed E-state index contributed by atoms with van der Waals surface area (Å²) in [7, 11) is 0. The van der Waals surface area contributed by atoms with Crippen LogP contribution in [-0.4, -0.2) is 50.6 Å². The van der Waals surface area contributed by atoms with Gasteiger partial charge in [0.2, 0.25) is 5.91 Å². The number of fused-ring (bicyclic) bond motifs is 1. The molecule has 0 bridgehead atoms. The minimum atomic E-state index is -0.134. The van der Waals surface area contributed by atoms with Crippen molar-refractivity contribution in [1.29, 1.82) is 0 Å². The molecule has 0 saturated carbocycles. The SMILES string of the molecule is Cc1ccc(C2=CC(c3ccccc3)n3nnnc3N2CC(=O)N2CCCC2)cc1. The number of hydrogen-bond donors (Lipinski definition) is 0. The number of carbonyl (C=O) groups is 1. The van der Waals surface area contributed by atoms with Crippen molar-refractivity contribution in [3.8, 4) is 0 Å². The van der Waals surface area contributed by atoms with Crippen LogP contribution in [0.1, 0.15) is 35.6 Å². The molecule has 152 valence electrons. The molecule has 1 aromatic heterocycles. The quantitative estimate of drug-likeness (QED) is 0.673. The smallest absolute Gasteiger partial charge is 0.251 e. The highest BCUT2D eigenvalue weighted by Crippen LogP contribution is 2.36. The maximum absolute atomic E-state index is 13.0. The van der Waals surface area contributed by atoms with Gasteiger partial charge < -0.3 is 4.90 Å². The van der Waals surface area contributed by atoms with E-state index in [1.165, 1.54) is 5.56 Å². The molecule has 0 spiro atoms. The van der Waals surface area contributed by atoms with Crippen LogP contribution < -0.4 is 4.90 Å². The number of aromatic nitrogens is 4. The average molecular weight is 400 g/mol. The van der Waals surface area contributed by atoms with Crippen molar-refractivity contribution >= 4 is 17.6 Å². The van der Waals surface area contributed by atoms with Crippen LogP contribution >= 0.6 is 0 Å². The van der Waals surface area contributed by atoms with Gasteiger partial charge >= 0.3 is 0 Å². The number of anilines is 1. The van der Waals surface area contributed by atoms with Gasteiger partial charge in [0, 0.05) is 13.1 Å². The first-order valence-electron chi connectivity index (χ1n) is 10.4. The fraction of sp³-hybridized carbons (Fsp3) is 0.304. The van der Waals surface area contributed by atoms with Gasteiger partial charge in [-0.3, -0.25) is 9.69 Å². The third-order valence-electron chi connectivity index (χ3n) is 5.83. The lowest BCUT2D eigenvalue weighted by molar-refractivity contribution is -0.128. The number of tetrazole rings is 1. The first-order valence-corrected chi connectivity index (χ1v) is 10.4. The molecule has 30 heavy (non-hydrogen) atoms. The van der Waals surface area contributed by atoms with Crippen LogP contribution in [0.4, 0.5) is 5.95 Å². The maximum Gasteiger partial charge on any atom is 0.251 e. The van der Waals surface area contributed by atoms with Crippen LogP contribution in [0.2, 0.25) is 0 Å². The lowest BCUT2D eigenvalue weighted by atomic mass is 10.00. The highest BCUT2D eigenvalue weighted by atomic mass is 16.2. The standard InChI is InChI=1S/C23H24N6O/c1-17-9-11-19(12-10-17)20-15-21(18-7-3-2-4-8-18)29-23(24-25-26-29)28(20)16-22(30)27-13-5-6-14-27/h2-4,7-12,15,21H,5-6,13-14,16H2,1H3. The zero-order valence-corrected chi connectivity index (χ0v) is 17.0. The van der Waals surface area contributed by atoms with E-state index in [-0.39, 0.29) is 18.5 Å². The molecule has 0 aliphatic carbocycles. The molecule has 1 unspecified atom stereocenters. The minimum Gasteiger partial charge on any atom is -0.341 e. The highest BCUT2D eigenvalue weighted by Gasteiger charge is 2.33. The van der Waals surface area contributed by atoms with Crippen LogP contribution in [-0.2, 0) is 4.79 Å². The Morgan fingerprint density at radius 1 is 1.03 bits per heavy atom. The van der Waals surface area contributed by atoms with Gasteiger partial charge in [-0.1, -0.05) is 65.3 Å². The Kier molecular flexibility index (Phi) is 4.78. The Hall–Kier alpha value is -3.48. The summed E-state index contributed by atoms with van der Waals surface area (Å²) in [5.41, 5.74) is 4.30. The number of allylic oxidation sites excluding steroid dienone is 1. The van der Waals surface area contributed by atoms with Gasteiger partial charge in [-0.2, -0.15) is 4.68 Å². The Balaban J connectivity index is 1.58. The predicted octanol–water partition coefficient (Wildman–Crippen LogP) is 3.05. The summed E-state index contributed by atoms with van der Waals surface area (Å²) >= 11 is 0. The lowest BCUT2D eigenvalue weighted by Crippen LogP contribution is -2.41. The van der Waals surface area contributed by atoms with Crippen molar-refractivity contribution in [2.75, 3.05) is 24.5 Å². The molecule has 1 saturated heterocycles. The topological polar surface area (TPSA) is 67.2 Å². The van der Waals surface area contributed by atoms with E-state index >= 15 is 0 Å². The van der Waals surface area contributed by atoms with E-state index in [2.05, 4.69) is 64.9 Å². The van der Waals surface area contributed by atoms with Crippen LogP contribution in [0.3, 0.4) is 0 Å². The summed E-state index contributed by atoms with van der Waals surface area (Å²) < 4.78 is 1.80. The van der Waals surface area contributed by atoms with E-state index in [1.807, 2.05) is 28.0 Å². The zero-order valence-electron chi connectivity index (χ0n) is 17.0. The average Bonchev–Trinajstić information content (AvgIpc) is 3.48. The van der Waals surface area contributed by atoms with Gasteiger partial charge in [-0.25, -0.2) is 0 Å². The van der Waals surface area contributed by atoms with E-state index in [4.69, 9.17) is 0 Å². The van der Waals surface area contributed by atoms with E-state index in [0.717, 1.165) is 42.8 Å². The Morgan fingerprint density at radius 2 is 1.77 bits per heavy atom. The Morgan fingerprint density at radius 3 is 2.50 bits per heavy atom. The van der Waals surface area contributed by atoms with E-state index in [0.29, 0.717) is 5.95 Å². The monoisotopic (exact) mass is 400 g/mol. The molecule has 2 aliphatic heterocycles. The highest BCUT2D eigenvalue weighted by molar-refractivity contribution is 5.89. The Bertz CT molecular complexity index is 1070. The number of benzene rings is 2. The van der Waals surface area contributed by atoms with Gasteiger partial charge in [0.1, 0.15) is 12.6 Å².